The van der Waals surface area contributed by atoms with Gasteiger partial charge in [-0.2, -0.15) is 0 Å². The molecule has 1 aromatic rings. The first kappa shape index (κ1) is 32.0. The zero-order valence-corrected chi connectivity index (χ0v) is 26.1. The first-order valence-electron chi connectivity index (χ1n) is 15.3. The van der Waals surface area contributed by atoms with Crippen LogP contribution < -0.4 is 4.90 Å². The maximum absolute atomic E-state index is 14.9. The molecular formula is C34H48N2O6. The fourth-order valence-electron chi connectivity index (χ4n) is 7.61. The number of ether oxygens (including phenoxy) is 2. The monoisotopic (exact) mass is 580 g/mol. The van der Waals surface area contributed by atoms with Gasteiger partial charge in [-0.15, -0.1) is 13.2 Å². The molecule has 0 radical (unpaired) electrons. The Morgan fingerprint density at radius 1 is 1.26 bits per heavy atom. The molecule has 3 unspecified atom stereocenters. The van der Waals surface area contributed by atoms with Gasteiger partial charge in [0.2, 0.25) is 5.91 Å². The van der Waals surface area contributed by atoms with Crippen LogP contribution in [0.25, 0.3) is 0 Å². The fourth-order valence-corrected chi connectivity index (χ4v) is 7.61. The van der Waals surface area contributed by atoms with Crippen molar-refractivity contribution in [2.75, 3.05) is 24.7 Å². The Kier molecular flexibility index (Phi) is 9.38. The average Bonchev–Trinajstić information content (AvgIpc) is 3.45. The lowest BCUT2D eigenvalue weighted by atomic mass is 9.62. The summed E-state index contributed by atoms with van der Waals surface area (Å²) in [5.41, 5.74) is 0.463. The van der Waals surface area contributed by atoms with Gasteiger partial charge >= 0.3 is 5.97 Å². The summed E-state index contributed by atoms with van der Waals surface area (Å²) in [5.74, 6) is -2.77. The number of benzene rings is 1. The Morgan fingerprint density at radius 2 is 1.98 bits per heavy atom. The molecule has 3 heterocycles. The van der Waals surface area contributed by atoms with E-state index in [0.29, 0.717) is 25.7 Å². The van der Waals surface area contributed by atoms with Crippen LogP contribution in [0.2, 0.25) is 0 Å². The van der Waals surface area contributed by atoms with Crippen molar-refractivity contribution >= 4 is 23.5 Å². The molecule has 230 valence electrons. The van der Waals surface area contributed by atoms with Crippen molar-refractivity contribution in [3.8, 4) is 0 Å². The van der Waals surface area contributed by atoms with E-state index in [1.165, 1.54) is 0 Å². The first-order valence-corrected chi connectivity index (χ1v) is 15.3. The first-order chi connectivity index (χ1) is 19.9. The Balaban J connectivity index is 1.85. The van der Waals surface area contributed by atoms with Gasteiger partial charge in [0.1, 0.15) is 17.6 Å². The summed E-state index contributed by atoms with van der Waals surface area (Å²) < 4.78 is 12.6. The third-order valence-electron chi connectivity index (χ3n) is 9.62. The number of hydrogen-bond acceptors (Lipinski definition) is 6. The van der Waals surface area contributed by atoms with Crippen LogP contribution in [0.3, 0.4) is 0 Å². The summed E-state index contributed by atoms with van der Waals surface area (Å²) in [6.45, 7) is 19.6. The number of aliphatic hydroxyl groups is 1. The molecule has 4 rings (SSSR count). The van der Waals surface area contributed by atoms with Crippen LogP contribution in [0, 0.1) is 37.5 Å². The maximum Gasteiger partial charge on any atom is 0.312 e. The molecule has 7 atom stereocenters. The van der Waals surface area contributed by atoms with E-state index in [4.69, 9.17) is 9.47 Å². The van der Waals surface area contributed by atoms with Crippen molar-refractivity contribution in [1.29, 1.82) is 0 Å². The SMILES string of the molecule is C=CCCCOC(=O)[C@@H]1[C@H]2C(=O)N([C@@H](CO)CC(C)C)C(C(=O)N(CC=C)c3cc(C)ccc3C)C23CC(C)[C@@]1(C)O3. The number of nitrogens with zero attached hydrogens (tertiary/aromatic N) is 2. The van der Waals surface area contributed by atoms with E-state index in [1.54, 1.807) is 22.0 Å². The van der Waals surface area contributed by atoms with Gasteiger partial charge in [0, 0.05) is 12.2 Å². The Bertz CT molecular complexity index is 1230. The van der Waals surface area contributed by atoms with E-state index in [2.05, 4.69) is 13.2 Å². The second-order valence-corrected chi connectivity index (χ2v) is 13.0. The molecule has 3 fully saturated rings. The van der Waals surface area contributed by atoms with Crippen molar-refractivity contribution in [3.63, 3.8) is 0 Å². The number of esters is 1. The van der Waals surface area contributed by atoms with E-state index in [9.17, 15) is 19.5 Å². The summed E-state index contributed by atoms with van der Waals surface area (Å²) >= 11 is 0. The predicted octanol–water partition coefficient (Wildman–Crippen LogP) is 4.75. The minimum atomic E-state index is -1.23. The Labute approximate surface area is 250 Å². The molecule has 3 aliphatic rings. The summed E-state index contributed by atoms with van der Waals surface area (Å²) in [5, 5.41) is 10.6. The molecule has 0 aromatic heterocycles. The van der Waals surface area contributed by atoms with E-state index >= 15 is 0 Å². The lowest BCUT2D eigenvalue weighted by Gasteiger charge is -2.40. The van der Waals surface area contributed by atoms with Gasteiger partial charge in [0.05, 0.1) is 30.8 Å². The number of hydrogen-bond donors (Lipinski definition) is 1. The van der Waals surface area contributed by atoms with Crippen LogP contribution in [-0.2, 0) is 23.9 Å². The molecule has 3 aliphatic heterocycles. The quantitative estimate of drug-likeness (QED) is 0.206. The number of unbranched alkanes of at least 4 members (excludes halogenated alkanes) is 1. The van der Waals surface area contributed by atoms with Crippen LogP contribution in [0.5, 0.6) is 0 Å². The van der Waals surface area contributed by atoms with Gasteiger partial charge < -0.3 is 24.4 Å². The lowest BCUT2D eigenvalue weighted by molar-refractivity contribution is -0.162. The lowest BCUT2D eigenvalue weighted by Crippen LogP contribution is -2.59. The summed E-state index contributed by atoms with van der Waals surface area (Å²) in [6.07, 6.45) is 5.75. The predicted molar refractivity (Wildman–Crippen MR) is 163 cm³/mol. The smallest absolute Gasteiger partial charge is 0.312 e. The molecule has 2 bridgehead atoms. The van der Waals surface area contributed by atoms with Crippen molar-refractivity contribution in [3.05, 3.63) is 54.6 Å². The number of amides is 2. The number of aryl methyl sites for hydroxylation is 2. The largest absolute Gasteiger partial charge is 0.465 e. The van der Waals surface area contributed by atoms with E-state index in [1.807, 2.05) is 59.7 Å². The maximum atomic E-state index is 14.9. The molecule has 8 nitrogen and oxygen atoms in total. The van der Waals surface area contributed by atoms with E-state index in [0.717, 1.165) is 16.8 Å². The van der Waals surface area contributed by atoms with Gasteiger partial charge in [-0.05, 0) is 75.5 Å². The number of carbonyl (C=O) groups is 3. The highest BCUT2D eigenvalue weighted by atomic mass is 16.6. The third-order valence-corrected chi connectivity index (χ3v) is 9.62. The van der Waals surface area contributed by atoms with Gasteiger partial charge in [-0.3, -0.25) is 14.4 Å². The third kappa shape index (κ3) is 5.21. The molecule has 1 N–H and O–H groups in total. The average molecular weight is 581 g/mol. The molecule has 2 amide bonds. The minimum Gasteiger partial charge on any atom is -0.465 e. The number of rotatable bonds is 13. The molecule has 1 aromatic carbocycles. The van der Waals surface area contributed by atoms with Crippen LogP contribution in [0.1, 0.15) is 64.5 Å². The van der Waals surface area contributed by atoms with Crippen LogP contribution in [0.15, 0.2) is 43.5 Å². The standard InChI is InChI=1S/C34H48N2O6/c1-9-11-12-16-41-32(40)28-27-30(38)36(25(20-37)17-21(3)4)29(34(27)19-24(7)33(28,8)42-34)31(39)35(15-10-2)26-18-22(5)13-14-23(26)6/h9-10,13-14,18,21,24-25,27-29,37H,1-2,11-12,15-17,19-20H2,3-8H3/t24?,25-,27+,28+,29?,33-,34?/m1/s1. The number of likely N-dealkylation sites (tertiary alicyclic amines) is 1. The molecule has 42 heavy (non-hydrogen) atoms. The fraction of sp³-hybridized carbons (Fsp3) is 0.618. The van der Waals surface area contributed by atoms with Crippen molar-refractivity contribution in [2.24, 2.45) is 23.7 Å². The highest BCUT2D eigenvalue weighted by Gasteiger charge is 2.80. The summed E-state index contributed by atoms with van der Waals surface area (Å²) in [6, 6.07) is 4.31. The molecule has 0 aliphatic carbocycles. The number of fused-ring (bicyclic) bond motifs is 1. The van der Waals surface area contributed by atoms with Crippen LogP contribution in [0.4, 0.5) is 5.69 Å². The topological polar surface area (TPSA) is 96.4 Å². The Morgan fingerprint density at radius 3 is 2.60 bits per heavy atom. The second kappa shape index (κ2) is 12.3. The number of aliphatic hydroxyl groups excluding tert-OH is 1. The van der Waals surface area contributed by atoms with Crippen LogP contribution in [-0.4, -0.2) is 70.8 Å². The van der Waals surface area contributed by atoms with E-state index < -0.39 is 41.1 Å². The highest BCUT2D eigenvalue weighted by molar-refractivity contribution is 6.05. The van der Waals surface area contributed by atoms with Crippen molar-refractivity contribution < 1.29 is 29.0 Å². The van der Waals surface area contributed by atoms with Crippen molar-refractivity contribution in [2.45, 2.75) is 90.5 Å². The zero-order chi connectivity index (χ0) is 31.0. The zero-order valence-electron chi connectivity index (χ0n) is 26.1. The molecule has 3 saturated heterocycles. The number of allylic oxidation sites excluding steroid dienone is 1. The summed E-state index contributed by atoms with van der Waals surface area (Å²) in [4.78, 5) is 46.4. The normalized spacial score (nSPS) is 30.4. The van der Waals surface area contributed by atoms with Gasteiger partial charge in [-0.25, -0.2) is 0 Å². The Hall–Kier alpha value is -2.97. The van der Waals surface area contributed by atoms with Gasteiger partial charge in [0.25, 0.3) is 5.91 Å². The molecular weight excluding hydrogens is 532 g/mol. The summed E-state index contributed by atoms with van der Waals surface area (Å²) in [7, 11) is 0. The molecule has 0 saturated carbocycles. The highest BCUT2D eigenvalue weighted by Crippen LogP contribution is 2.66. The second-order valence-electron chi connectivity index (χ2n) is 13.0. The molecule has 8 heteroatoms. The van der Waals surface area contributed by atoms with Crippen molar-refractivity contribution in [1.82, 2.24) is 4.90 Å². The van der Waals surface area contributed by atoms with Gasteiger partial charge in [0.15, 0.2) is 0 Å². The molecule has 1 spiro atoms. The number of carbonyl (C=O) groups excluding carboxylic acids is 3. The van der Waals surface area contributed by atoms with Crippen LogP contribution >= 0.6 is 0 Å². The number of anilines is 1. The van der Waals surface area contributed by atoms with E-state index in [-0.39, 0.29) is 43.4 Å². The van der Waals surface area contributed by atoms with Gasteiger partial charge in [-0.1, -0.05) is 45.1 Å². The minimum absolute atomic E-state index is 0.103.